The highest BCUT2D eigenvalue weighted by Gasteiger charge is 2.46. The van der Waals surface area contributed by atoms with Crippen molar-refractivity contribution in [2.75, 3.05) is 13.2 Å². The highest BCUT2D eigenvalue weighted by Crippen LogP contribution is 2.33. The monoisotopic (exact) mass is 303 g/mol. The molecule has 1 fully saturated rings. The van der Waals surface area contributed by atoms with Crippen LogP contribution in [0.2, 0.25) is 0 Å². The summed E-state index contributed by atoms with van der Waals surface area (Å²) in [7, 11) is 0. The Bertz CT molecular complexity index is 603. The zero-order chi connectivity index (χ0) is 16.4. The van der Waals surface area contributed by atoms with E-state index in [2.05, 4.69) is 11.1 Å². The fourth-order valence-corrected chi connectivity index (χ4v) is 2.20. The summed E-state index contributed by atoms with van der Waals surface area (Å²) in [5, 5.41) is 9.04. The molecule has 1 aliphatic heterocycles. The lowest BCUT2D eigenvalue weighted by molar-refractivity contribution is -0.0534. The molecular weight excluding hydrogens is 282 g/mol. The van der Waals surface area contributed by atoms with E-state index in [1.165, 1.54) is 6.20 Å². The summed E-state index contributed by atoms with van der Waals surface area (Å²) in [4.78, 5) is 17.8. The Balaban J connectivity index is 2.00. The number of hydrogen-bond acceptors (Lipinski definition) is 5. The summed E-state index contributed by atoms with van der Waals surface area (Å²) in [6.45, 7) is 8.41. The second-order valence-corrected chi connectivity index (χ2v) is 6.65. The number of carbonyl (C=O) groups is 1. The van der Waals surface area contributed by atoms with Crippen molar-refractivity contribution in [3.05, 3.63) is 24.0 Å². The molecule has 0 aromatic carbocycles. The molecule has 6 heteroatoms. The third-order valence-electron chi connectivity index (χ3n) is 3.58. The van der Waals surface area contributed by atoms with Gasteiger partial charge in [0.25, 0.3) is 0 Å². The van der Waals surface area contributed by atoms with Crippen molar-refractivity contribution in [3.63, 3.8) is 0 Å². The molecule has 0 radical (unpaired) electrons. The number of aromatic nitrogens is 1. The molecule has 1 aliphatic rings. The maximum atomic E-state index is 12.2. The average molecular weight is 303 g/mol. The van der Waals surface area contributed by atoms with Crippen LogP contribution in [0.25, 0.3) is 0 Å². The maximum Gasteiger partial charge on any atom is 0.410 e. The minimum absolute atomic E-state index is 0.298. The Kier molecular flexibility index (Phi) is 4.27. The molecule has 1 aromatic rings. The van der Waals surface area contributed by atoms with E-state index in [0.717, 1.165) is 6.42 Å². The average Bonchev–Trinajstić information content (AvgIpc) is 2.41. The molecule has 1 saturated heterocycles. The fourth-order valence-electron chi connectivity index (χ4n) is 2.20. The first kappa shape index (κ1) is 16.1. The summed E-state index contributed by atoms with van der Waals surface area (Å²) in [6, 6.07) is 3.66. The molecule has 1 unspecified atom stereocenters. The van der Waals surface area contributed by atoms with Gasteiger partial charge in [-0.2, -0.15) is 5.26 Å². The topological polar surface area (TPSA) is 75.4 Å². The third kappa shape index (κ3) is 3.48. The van der Waals surface area contributed by atoms with Crippen molar-refractivity contribution in [2.45, 2.75) is 45.3 Å². The van der Waals surface area contributed by atoms with Crippen LogP contribution in [-0.4, -0.2) is 40.3 Å². The van der Waals surface area contributed by atoms with Crippen molar-refractivity contribution >= 4 is 6.09 Å². The van der Waals surface area contributed by atoms with Crippen molar-refractivity contribution in [3.8, 4) is 11.8 Å². The van der Waals surface area contributed by atoms with Crippen LogP contribution >= 0.6 is 0 Å². The van der Waals surface area contributed by atoms with Crippen LogP contribution in [0, 0.1) is 11.3 Å². The Morgan fingerprint density at radius 1 is 1.55 bits per heavy atom. The molecule has 22 heavy (non-hydrogen) atoms. The molecular formula is C16H21N3O3. The van der Waals surface area contributed by atoms with Crippen molar-refractivity contribution in [2.24, 2.45) is 0 Å². The summed E-state index contributed by atoms with van der Waals surface area (Å²) in [5.74, 6) is 0.433. The molecule has 0 saturated carbocycles. The number of ether oxygens (including phenoxy) is 2. The predicted octanol–water partition coefficient (Wildman–Crippen LogP) is 2.73. The molecule has 6 nitrogen and oxygen atoms in total. The van der Waals surface area contributed by atoms with Gasteiger partial charge in [0.05, 0.1) is 17.3 Å². The minimum Gasteiger partial charge on any atom is -0.488 e. The van der Waals surface area contributed by atoms with Gasteiger partial charge in [-0.15, -0.1) is 0 Å². The molecule has 0 spiro atoms. The first-order valence-electron chi connectivity index (χ1n) is 7.23. The molecule has 0 aliphatic carbocycles. The summed E-state index contributed by atoms with van der Waals surface area (Å²) in [6.07, 6.45) is 3.55. The van der Waals surface area contributed by atoms with E-state index in [0.29, 0.717) is 24.5 Å². The van der Waals surface area contributed by atoms with E-state index < -0.39 is 11.1 Å². The first-order valence-corrected chi connectivity index (χ1v) is 7.23. The molecule has 1 atom stereocenters. The van der Waals surface area contributed by atoms with Crippen LogP contribution in [0.4, 0.5) is 4.79 Å². The van der Waals surface area contributed by atoms with Gasteiger partial charge in [0, 0.05) is 12.7 Å². The van der Waals surface area contributed by atoms with Crippen molar-refractivity contribution in [1.29, 1.82) is 5.26 Å². The van der Waals surface area contributed by atoms with E-state index in [-0.39, 0.29) is 6.09 Å². The van der Waals surface area contributed by atoms with E-state index in [9.17, 15) is 4.79 Å². The van der Waals surface area contributed by atoms with E-state index in [4.69, 9.17) is 14.7 Å². The number of nitrogens with zero attached hydrogens (tertiary/aromatic N) is 3. The second-order valence-electron chi connectivity index (χ2n) is 6.65. The number of nitriles is 1. The predicted molar refractivity (Wildman–Crippen MR) is 80.4 cm³/mol. The normalized spacial score (nSPS) is 20.8. The van der Waals surface area contributed by atoms with Gasteiger partial charge in [-0.3, -0.25) is 9.88 Å². The van der Waals surface area contributed by atoms with E-state index in [1.807, 2.05) is 27.7 Å². The Morgan fingerprint density at radius 3 is 2.82 bits per heavy atom. The first-order chi connectivity index (χ1) is 10.2. The second kappa shape index (κ2) is 5.84. The molecule has 118 valence electrons. The standard InChI is InChI=1S/C16H21N3O3/c1-15(2,3)22-14(20)19-8-6-16(19,4)11-21-13-10-18-7-5-12(13)9-17/h5,7,10H,6,8,11H2,1-4H3. The molecule has 2 heterocycles. The van der Waals surface area contributed by atoms with Crippen LogP contribution < -0.4 is 4.74 Å². The molecule has 0 N–H and O–H groups in total. The van der Waals surface area contributed by atoms with Gasteiger partial charge in [0.2, 0.25) is 0 Å². The number of rotatable bonds is 3. The minimum atomic E-state index is -0.522. The molecule has 2 rings (SSSR count). The summed E-state index contributed by atoms with van der Waals surface area (Å²) in [5.41, 5.74) is -0.516. The highest BCUT2D eigenvalue weighted by molar-refractivity contribution is 5.70. The molecule has 0 bridgehead atoms. The van der Waals surface area contributed by atoms with Crippen LogP contribution in [0.3, 0.4) is 0 Å². The maximum absolute atomic E-state index is 12.2. The van der Waals surface area contributed by atoms with E-state index >= 15 is 0 Å². The Morgan fingerprint density at radius 2 is 2.27 bits per heavy atom. The largest absolute Gasteiger partial charge is 0.488 e. The zero-order valence-electron chi connectivity index (χ0n) is 13.4. The Labute approximate surface area is 130 Å². The Hall–Kier alpha value is -2.29. The summed E-state index contributed by atoms with van der Waals surface area (Å²) >= 11 is 0. The third-order valence-corrected chi connectivity index (χ3v) is 3.58. The number of hydrogen-bond donors (Lipinski definition) is 0. The fraction of sp³-hybridized carbons (Fsp3) is 0.562. The van der Waals surface area contributed by atoms with Crippen LogP contribution in [0.5, 0.6) is 5.75 Å². The van der Waals surface area contributed by atoms with Gasteiger partial charge >= 0.3 is 6.09 Å². The van der Waals surface area contributed by atoms with Gasteiger partial charge < -0.3 is 9.47 Å². The van der Waals surface area contributed by atoms with Crippen LogP contribution in [-0.2, 0) is 4.74 Å². The highest BCUT2D eigenvalue weighted by atomic mass is 16.6. The lowest BCUT2D eigenvalue weighted by Crippen LogP contribution is -2.63. The number of likely N-dealkylation sites (tertiary alicyclic amines) is 1. The van der Waals surface area contributed by atoms with Crippen molar-refractivity contribution < 1.29 is 14.3 Å². The van der Waals surface area contributed by atoms with Gasteiger partial charge in [-0.1, -0.05) is 0 Å². The van der Waals surface area contributed by atoms with Crippen molar-refractivity contribution in [1.82, 2.24) is 9.88 Å². The SMILES string of the molecule is CC(C)(C)OC(=O)N1CCC1(C)COc1cnccc1C#N. The summed E-state index contributed by atoms with van der Waals surface area (Å²) < 4.78 is 11.1. The quantitative estimate of drug-likeness (QED) is 0.858. The lowest BCUT2D eigenvalue weighted by Gasteiger charge is -2.49. The van der Waals surface area contributed by atoms with Gasteiger partial charge in [-0.05, 0) is 40.2 Å². The van der Waals surface area contributed by atoms with Crippen LogP contribution in [0.1, 0.15) is 39.7 Å². The molecule has 1 aromatic heterocycles. The lowest BCUT2D eigenvalue weighted by atomic mass is 9.88. The van der Waals surface area contributed by atoms with Gasteiger partial charge in [-0.25, -0.2) is 4.79 Å². The smallest absolute Gasteiger partial charge is 0.410 e. The zero-order valence-corrected chi connectivity index (χ0v) is 13.4. The van der Waals surface area contributed by atoms with E-state index in [1.54, 1.807) is 17.2 Å². The van der Waals surface area contributed by atoms with Gasteiger partial charge in [0.15, 0.2) is 5.75 Å². The molecule has 1 amide bonds. The number of amides is 1. The van der Waals surface area contributed by atoms with Crippen LogP contribution in [0.15, 0.2) is 18.5 Å². The number of pyridine rings is 1. The van der Waals surface area contributed by atoms with Gasteiger partial charge in [0.1, 0.15) is 18.3 Å². The number of carbonyl (C=O) groups excluding carboxylic acids is 1.